The van der Waals surface area contributed by atoms with Gasteiger partial charge < -0.3 is 19.4 Å². The summed E-state index contributed by atoms with van der Waals surface area (Å²) < 4.78 is 27.5. The SMILES string of the molecule is COc1ccc(NC(=O)c2c(C)nn(-c3ccc(F)cc3)c2-n2cccc2)c(OC)c1. The first-order chi connectivity index (χ1) is 15.0. The molecule has 158 valence electrons. The van der Waals surface area contributed by atoms with E-state index < -0.39 is 0 Å². The lowest BCUT2D eigenvalue weighted by atomic mass is 10.2. The summed E-state index contributed by atoms with van der Waals surface area (Å²) in [5.74, 6) is 0.929. The molecule has 0 spiro atoms. The fraction of sp³-hybridized carbons (Fsp3) is 0.130. The van der Waals surface area contributed by atoms with Crippen LogP contribution in [0.5, 0.6) is 11.5 Å². The van der Waals surface area contributed by atoms with Crippen molar-refractivity contribution in [2.45, 2.75) is 6.92 Å². The van der Waals surface area contributed by atoms with Crippen LogP contribution in [0.3, 0.4) is 0 Å². The Hall–Kier alpha value is -4.07. The number of amides is 1. The van der Waals surface area contributed by atoms with Gasteiger partial charge in [0.25, 0.3) is 5.91 Å². The lowest BCUT2D eigenvalue weighted by molar-refractivity contribution is 0.102. The Morgan fingerprint density at radius 1 is 1.03 bits per heavy atom. The van der Waals surface area contributed by atoms with Crippen LogP contribution >= 0.6 is 0 Å². The number of methoxy groups -OCH3 is 2. The van der Waals surface area contributed by atoms with Gasteiger partial charge in [-0.1, -0.05) is 0 Å². The molecule has 0 aliphatic heterocycles. The molecule has 2 aromatic carbocycles. The molecule has 7 nitrogen and oxygen atoms in total. The highest BCUT2D eigenvalue weighted by Crippen LogP contribution is 2.31. The maximum atomic E-state index is 13.4. The van der Waals surface area contributed by atoms with Crippen LogP contribution in [0.2, 0.25) is 0 Å². The van der Waals surface area contributed by atoms with Crippen molar-refractivity contribution in [3.63, 3.8) is 0 Å². The molecule has 0 fully saturated rings. The van der Waals surface area contributed by atoms with Crippen molar-refractivity contribution < 1.29 is 18.7 Å². The topological polar surface area (TPSA) is 70.3 Å². The molecule has 2 heterocycles. The average molecular weight is 420 g/mol. The highest BCUT2D eigenvalue weighted by atomic mass is 19.1. The van der Waals surface area contributed by atoms with Crippen LogP contribution in [0.25, 0.3) is 11.5 Å². The molecular weight excluding hydrogens is 399 g/mol. The van der Waals surface area contributed by atoms with Crippen LogP contribution in [-0.4, -0.2) is 34.5 Å². The maximum Gasteiger partial charge on any atom is 0.261 e. The number of benzene rings is 2. The van der Waals surface area contributed by atoms with E-state index in [0.29, 0.717) is 39.9 Å². The third-order valence-electron chi connectivity index (χ3n) is 4.84. The number of anilines is 1. The predicted octanol–water partition coefficient (Wildman–Crippen LogP) is 4.38. The van der Waals surface area contributed by atoms with E-state index in [1.54, 1.807) is 53.6 Å². The van der Waals surface area contributed by atoms with E-state index in [1.165, 1.54) is 19.2 Å². The maximum absolute atomic E-state index is 13.4. The molecule has 0 aliphatic rings. The number of carbonyl (C=O) groups excluding carboxylic acids is 1. The zero-order valence-corrected chi connectivity index (χ0v) is 17.3. The van der Waals surface area contributed by atoms with Crippen LogP contribution in [0.15, 0.2) is 67.0 Å². The van der Waals surface area contributed by atoms with Gasteiger partial charge in [0.2, 0.25) is 0 Å². The van der Waals surface area contributed by atoms with Gasteiger partial charge in [0.05, 0.1) is 31.3 Å². The average Bonchev–Trinajstić information content (AvgIpc) is 3.42. The molecule has 2 aromatic heterocycles. The molecule has 8 heteroatoms. The van der Waals surface area contributed by atoms with Gasteiger partial charge in [0.1, 0.15) is 22.9 Å². The first kappa shape index (κ1) is 20.2. The molecule has 1 N–H and O–H groups in total. The Labute approximate surface area is 178 Å². The highest BCUT2D eigenvalue weighted by molar-refractivity contribution is 6.08. The van der Waals surface area contributed by atoms with Crippen LogP contribution in [0.1, 0.15) is 16.1 Å². The van der Waals surface area contributed by atoms with Gasteiger partial charge in [-0.05, 0) is 55.5 Å². The number of nitrogens with zero attached hydrogens (tertiary/aromatic N) is 3. The molecule has 0 atom stereocenters. The Kier molecular flexibility index (Phi) is 5.44. The summed E-state index contributed by atoms with van der Waals surface area (Å²) in [7, 11) is 3.08. The van der Waals surface area contributed by atoms with E-state index in [1.807, 2.05) is 24.5 Å². The molecule has 0 radical (unpaired) electrons. The molecule has 0 saturated carbocycles. The lowest BCUT2D eigenvalue weighted by Gasteiger charge is -2.13. The van der Waals surface area contributed by atoms with E-state index >= 15 is 0 Å². The summed E-state index contributed by atoms with van der Waals surface area (Å²) in [6.45, 7) is 1.76. The summed E-state index contributed by atoms with van der Waals surface area (Å²) in [6, 6.07) is 14.8. The second-order valence-corrected chi connectivity index (χ2v) is 6.78. The number of aryl methyl sites for hydroxylation is 1. The van der Waals surface area contributed by atoms with Crippen molar-refractivity contribution in [2.75, 3.05) is 19.5 Å². The van der Waals surface area contributed by atoms with Crippen molar-refractivity contribution in [3.05, 3.63) is 84.1 Å². The number of rotatable bonds is 6. The second kappa shape index (κ2) is 8.35. The fourth-order valence-electron chi connectivity index (χ4n) is 3.34. The van der Waals surface area contributed by atoms with Gasteiger partial charge in [-0.15, -0.1) is 0 Å². The van der Waals surface area contributed by atoms with Gasteiger partial charge in [0.15, 0.2) is 5.82 Å². The van der Waals surface area contributed by atoms with Crippen LogP contribution in [-0.2, 0) is 0 Å². The number of hydrogen-bond donors (Lipinski definition) is 1. The summed E-state index contributed by atoms with van der Waals surface area (Å²) in [4.78, 5) is 13.3. The molecule has 4 rings (SSSR count). The van der Waals surface area contributed by atoms with Crippen molar-refractivity contribution >= 4 is 11.6 Å². The summed E-state index contributed by atoms with van der Waals surface area (Å²) in [5, 5.41) is 7.46. The number of hydrogen-bond acceptors (Lipinski definition) is 4. The van der Waals surface area contributed by atoms with Crippen molar-refractivity contribution in [2.24, 2.45) is 0 Å². The Bertz CT molecular complexity index is 1210. The predicted molar refractivity (Wildman–Crippen MR) is 115 cm³/mol. The number of aromatic nitrogens is 3. The van der Waals surface area contributed by atoms with Gasteiger partial charge >= 0.3 is 0 Å². The highest BCUT2D eigenvalue weighted by Gasteiger charge is 2.24. The monoisotopic (exact) mass is 420 g/mol. The van der Waals surface area contributed by atoms with Gasteiger partial charge in [0, 0.05) is 18.5 Å². The Morgan fingerprint density at radius 2 is 1.74 bits per heavy atom. The van der Waals surface area contributed by atoms with Crippen molar-refractivity contribution in [1.82, 2.24) is 14.3 Å². The number of ether oxygens (including phenoxy) is 2. The van der Waals surface area contributed by atoms with Crippen LogP contribution in [0, 0.1) is 12.7 Å². The van der Waals surface area contributed by atoms with E-state index in [-0.39, 0.29) is 11.7 Å². The van der Waals surface area contributed by atoms with Crippen LogP contribution < -0.4 is 14.8 Å². The van der Waals surface area contributed by atoms with Crippen molar-refractivity contribution in [3.8, 4) is 23.0 Å². The molecule has 31 heavy (non-hydrogen) atoms. The number of halogens is 1. The quantitative estimate of drug-likeness (QED) is 0.503. The van der Waals surface area contributed by atoms with Crippen LogP contribution in [0.4, 0.5) is 10.1 Å². The molecule has 1 amide bonds. The van der Waals surface area contributed by atoms with Gasteiger partial charge in [-0.25, -0.2) is 9.07 Å². The zero-order chi connectivity index (χ0) is 22.0. The lowest BCUT2D eigenvalue weighted by Crippen LogP contribution is -2.16. The molecule has 0 saturated heterocycles. The van der Waals surface area contributed by atoms with E-state index in [2.05, 4.69) is 10.4 Å². The Balaban J connectivity index is 1.80. The number of carbonyl (C=O) groups is 1. The molecule has 0 aliphatic carbocycles. The minimum Gasteiger partial charge on any atom is -0.497 e. The minimum absolute atomic E-state index is 0.347. The fourth-order valence-corrected chi connectivity index (χ4v) is 3.34. The smallest absolute Gasteiger partial charge is 0.261 e. The van der Waals surface area contributed by atoms with E-state index in [4.69, 9.17) is 9.47 Å². The zero-order valence-electron chi connectivity index (χ0n) is 17.3. The molecular formula is C23H21FN4O3. The molecule has 0 bridgehead atoms. The summed E-state index contributed by atoms with van der Waals surface area (Å²) in [6.07, 6.45) is 3.64. The van der Waals surface area contributed by atoms with Gasteiger partial charge in [-0.2, -0.15) is 5.10 Å². The largest absolute Gasteiger partial charge is 0.497 e. The second-order valence-electron chi connectivity index (χ2n) is 6.78. The standard InChI is InChI=1S/C23H21FN4O3/c1-15-21(22(29)25-19-11-10-18(30-2)14-20(19)31-3)23(27-12-4-5-13-27)28(26-15)17-8-6-16(24)7-9-17/h4-14H,1-3H3,(H,25,29). The molecule has 4 aromatic rings. The third kappa shape index (κ3) is 3.87. The van der Waals surface area contributed by atoms with Gasteiger partial charge in [-0.3, -0.25) is 4.79 Å². The summed E-state index contributed by atoms with van der Waals surface area (Å²) >= 11 is 0. The normalized spacial score (nSPS) is 10.7. The number of nitrogens with one attached hydrogen (secondary N) is 1. The van der Waals surface area contributed by atoms with E-state index in [9.17, 15) is 9.18 Å². The Morgan fingerprint density at radius 3 is 2.39 bits per heavy atom. The van der Waals surface area contributed by atoms with Crippen molar-refractivity contribution in [1.29, 1.82) is 0 Å². The minimum atomic E-state index is -0.349. The first-order valence-electron chi connectivity index (χ1n) is 9.54. The van der Waals surface area contributed by atoms with E-state index in [0.717, 1.165) is 0 Å². The summed E-state index contributed by atoms with van der Waals surface area (Å²) in [5.41, 5.74) is 2.05. The third-order valence-corrected chi connectivity index (χ3v) is 4.84. The first-order valence-corrected chi connectivity index (χ1v) is 9.54. The molecule has 0 unspecified atom stereocenters.